The molecule has 1 aliphatic heterocycles. The molecule has 12 heteroatoms. The van der Waals surface area contributed by atoms with Gasteiger partial charge in [-0.2, -0.15) is 15.0 Å². The van der Waals surface area contributed by atoms with Crippen molar-refractivity contribution < 1.29 is 14.4 Å². The molecule has 3 rings (SSSR count). The third kappa shape index (κ3) is 6.51. The standard InChI is InChI=1S/C20H25ClN8O3/c1-12-16(31)25-14(10-13-6-3-2-4-7-13)17(32)29(11-15(22)30)9-5-8-23-19-26-18(21)27-20(24-12)28-19/h2-4,6-7,12,14H,5,8-11H2,1H3,(H2,22,30)(H,25,31)(H2,23,24,26,27,28)/t12-,14-/m0/s1. The number of nitrogens with one attached hydrogen (secondary N) is 3. The molecule has 1 aliphatic rings. The Morgan fingerprint density at radius 3 is 2.59 bits per heavy atom. The maximum absolute atomic E-state index is 13.3. The van der Waals surface area contributed by atoms with Crippen molar-refractivity contribution >= 4 is 41.2 Å². The van der Waals surface area contributed by atoms with Crippen LogP contribution in [0.4, 0.5) is 11.9 Å². The lowest BCUT2D eigenvalue weighted by Crippen LogP contribution is -2.54. The largest absolute Gasteiger partial charge is 0.368 e. The molecule has 0 fully saturated rings. The number of aromatic nitrogens is 3. The minimum atomic E-state index is -0.887. The maximum Gasteiger partial charge on any atom is 0.245 e. The van der Waals surface area contributed by atoms with Gasteiger partial charge in [0.15, 0.2) is 0 Å². The molecule has 0 spiro atoms. The van der Waals surface area contributed by atoms with Crippen LogP contribution in [-0.4, -0.2) is 69.3 Å². The molecule has 0 saturated heterocycles. The number of fused-ring (bicyclic) bond motifs is 2. The van der Waals surface area contributed by atoms with Crippen LogP contribution in [0.1, 0.15) is 18.9 Å². The van der Waals surface area contributed by atoms with Gasteiger partial charge < -0.3 is 26.6 Å². The van der Waals surface area contributed by atoms with Gasteiger partial charge >= 0.3 is 0 Å². The molecule has 11 nitrogen and oxygen atoms in total. The molecule has 2 heterocycles. The molecule has 3 amide bonds. The van der Waals surface area contributed by atoms with Gasteiger partial charge in [0, 0.05) is 19.5 Å². The Morgan fingerprint density at radius 2 is 1.88 bits per heavy atom. The van der Waals surface area contributed by atoms with E-state index >= 15 is 0 Å². The Hall–Kier alpha value is -3.47. The van der Waals surface area contributed by atoms with Gasteiger partial charge in [-0.15, -0.1) is 0 Å². The average molecular weight is 461 g/mol. The van der Waals surface area contributed by atoms with Gasteiger partial charge in [-0.3, -0.25) is 14.4 Å². The van der Waals surface area contributed by atoms with Gasteiger partial charge in [0.05, 0.1) is 6.54 Å². The first-order valence-electron chi connectivity index (χ1n) is 10.1. The van der Waals surface area contributed by atoms with Gasteiger partial charge in [0.2, 0.25) is 34.9 Å². The minimum absolute atomic E-state index is 0.0304. The van der Waals surface area contributed by atoms with Crippen molar-refractivity contribution in [2.45, 2.75) is 31.8 Å². The first-order valence-corrected chi connectivity index (χ1v) is 10.5. The topological polar surface area (TPSA) is 155 Å². The van der Waals surface area contributed by atoms with E-state index in [4.69, 9.17) is 17.3 Å². The monoisotopic (exact) mass is 460 g/mol. The second-order valence-electron chi connectivity index (χ2n) is 7.38. The highest BCUT2D eigenvalue weighted by Crippen LogP contribution is 2.12. The summed E-state index contributed by atoms with van der Waals surface area (Å²) in [5, 5.41) is 8.62. The Morgan fingerprint density at radius 1 is 1.16 bits per heavy atom. The maximum atomic E-state index is 13.3. The van der Waals surface area contributed by atoms with E-state index in [1.54, 1.807) is 6.92 Å². The van der Waals surface area contributed by atoms with Crippen molar-refractivity contribution in [3.63, 3.8) is 0 Å². The van der Waals surface area contributed by atoms with E-state index in [-0.39, 0.29) is 42.6 Å². The van der Waals surface area contributed by atoms with Crippen LogP contribution in [0.3, 0.4) is 0 Å². The van der Waals surface area contributed by atoms with Crippen LogP contribution in [0.25, 0.3) is 0 Å². The smallest absolute Gasteiger partial charge is 0.245 e. The van der Waals surface area contributed by atoms with Crippen molar-refractivity contribution in [3.05, 3.63) is 41.2 Å². The number of hydrogen-bond acceptors (Lipinski definition) is 8. The number of nitrogens with two attached hydrogens (primary N) is 1. The van der Waals surface area contributed by atoms with E-state index < -0.39 is 23.9 Å². The quantitative estimate of drug-likeness (QED) is 0.503. The van der Waals surface area contributed by atoms with Crippen LogP contribution in [0.5, 0.6) is 0 Å². The lowest BCUT2D eigenvalue weighted by Gasteiger charge is -2.28. The molecule has 1 aromatic heterocycles. The summed E-state index contributed by atoms with van der Waals surface area (Å²) >= 11 is 5.96. The molecule has 2 atom stereocenters. The number of anilines is 2. The summed E-state index contributed by atoms with van der Waals surface area (Å²) in [7, 11) is 0. The zero-order valence-corrected chi connectivity index (χ0v) is 18.3. The van der Waals surface area contributed by atoms with E-state index in [0.29, 0.717) is 13.0 Å². The van der Waals surface area contributed by atoms with Crippen molar-refractivity contribution in [1.82, 2.24) is 25.2 Å². The summed E-state index contributed by atoms with van der Waals surface area (Å²) in [6, 6.07) is 7.63. The second kappa shape index (κ2) is 10.7. The predicted octanol–water partition coefficient (Wildman–Crippen LogP) is 0.182. The Labute approximate surface area is 190 Å². The molecule has 2 bridgehead atoms. The number of halogens is 1. The SMILES string of the molecule is C[C@@H]1Nc2nc(Cl)nc(n2)NCCCN(CC(N)=O)C(=O)[C@H](Cc2ccccc2)NC1=O. The molecule has 2 aromatic rings. The van der Waals surface area contributed by atoms with E-state index in [1.165, 1.54) is 4.90 Å². The van der Waals surface area contributed by atoms with Crippen molar-refractivity contribution in [3.8, 4) is 0 Å². The van der Waals surface area contributed by atoms with Crippen LogP contribution in [-0.2, 0) is 20.8 Å². The van der Waals surface area contributed by atoms with Crippen molar-refractivity contribution in [1.29, 1.82) is 0 Å². The zero-order valence-electron chi connectivity index (χ0n) is 17.5. The Kier molecular flexibility index (Phi) is 7.77. The van der Waals surface area contributed by atoms with E-state index in [2.05, 4.69) is 30.9 Å². The number of rotatable bonds is 4. The number of hydrogen-bond donors (Lipinski definition) is 4. The number of benzene rings is 1. The number of amides is 3. The van der Waals surface area contributed by atoms with Crippen molar-refractivity contribution in [2.75, 3.05) is 30.3 Å². The van der Waals surface area contributed by atoms with E-state index in [9.17, 15) is 14.4 Å². The Bertz CT molecular complexity index is 975. The molecule has 32 heavy (non-hydrogen) atoms. The fourth-order valence-electron chi connectivity index (χ4n) is 3.25. The van der Waals surface area contributed by atoms with E-state index in [1.807, 2.05) is 30.3 Å². The summed E-state index contributed by atoms with van der Waals surface area (Å²) in [6.07, 6.45) is 0.737. The third-order valence-electron chi connectivity index (χ3n) is 4.79. The second-order valence-corrected chi connectivity index (χ2v) is 7.71. The zero-order chi connectivity index (χ0) is 23.1. The highest BCUT2D eigenvalue weighted by molar-refractivity contribution is 6.28. The third-order valence-corrected chi connectivity index (χ3v) is 4.96. The first kappa shape index (κ1) is 23.2. The molecule has 0 unspecified atom stereocenters. The molecule has 0 saturated carbocycles. The average Bonchev–Trinajstić information content (AvgIpc) is 2.74. The lowest BCUT2D eigenvalue weighted by atomic mass is 10.0. The molecular formula is C20H25ClN8O3. The van der Waals surface area contributed by atoms with Crippen LogP contribution < -0.4 is 21.7 Å². The highest BCUT2D eigenvalue weighted by Gasteiger charge is 2.29. The molecule has 5 N–H and O–H groups in total. The lowest BCUT2D eigenvalue weighted by molar-refractivity contribution is -0.139. The van der Waals surface area contributed by atoms with Gasteiger partial charge in [-0.25, -0.2) is 0 Å². The molecule has 1 aromatic carbocycles. The fraction of sp³-hybridized carbons (Fsp3) is 0.400. The number of primary amides is 1. The Balaban J connectivity index is 1.90. The predicted molar refractivity (Wildman–Crippen MR) is 119 cm³/mol. The van der Waals surface area contributed by atoms with Gasteiger partial charge in [0.1, 0.15) is 12.1 Å². The molecule has 0 radical (unpaired) electrons. The van der Waals surface area contributed by atoms with Gasteiger partial charge in [-0.05, 0) is 30.5 Å². The first-order chi connectivity index (χ1) is 15.3. The minimum Gasteiger partial charge on any atom is -0.368 e. The summed E-state index contributed by atoms with van der Waals surface area (Å²) in [6.45, 7) is 2.01. The normalized spacial score (nSPS) is 19.9. The number of carbonyl (C=O) groups excluding carboxylic acids is 3. The van der Waals surface area contributed by atoms with Gasteiger partial charge in [-0.1, -0.05) is 30.3 Å². The summed E-state index contributed by atoms with van der Waals surface area (Å²) in [5.41, 5.74) is 6.23. The summed E-state index contributed by atoms with van der Waals surface area (Å²) < 4.78 is 0. The molecule has 0 aliphatic carbocycles. The van der Waals surface area contributed by atoms with E-state index in [0.717, 1.165) is 5.56 Å². The summed E-state index contributed by atoms with van der Waals surface area (Å²) in [4.78, 5) is 51.4. The molecule has 170 valence electrons. The van der Waals surface area contributed by atoms with Crippen LogP contribution in [0.15, 0.2) is 30.3 Å². The number of nitrogens with zero attached hydrogens (tertiary/aromatic N) is 4. The summed E-state index contributed by atoms with van der Waals surface area (Å²) in [5.74, 6) is -1.11. The number of carbonyl (C=O) groups is 3. The van der Waals surface area contributed by atoms with Crippen LogP contribution >= 0.6 is 11.6 Å². The highest BCUT2D eigenvalue weighted by atomic mass is 35.5. The van der Waals surface area contributed by atoms with Crippen LogP contribution in [0.2, 0.25) is 5.28 Å². The van der Waals surface area contributed by atoms with Crippen LogP contribution in [0, 0.1) is 0 Å². The fourth-order valence-corrected chi connectivity index (χ4v) is 3.41. The van der Waals surface area contributed by atoms with Gasteiger partial charge in [0.25, 0.3) is 0 Å². The van der Waals surface area contributed by atoms with Crippen molar-refractivity contribution in [2.24, 2.45) is 5.73 Å². The molecular weight excluding hydrogens is 436 g/mol.